The Morgan fingerprint density at radius 2 is 1.78 bits per heavy atom. The van der Waals surface area contributed by atoms with Crippen molar-refractivity contribution in [3.63, 3.8) is 0 Å². The summed E-state index contributed by atoms with van der Waals surface area (Å²) in [6.45, 7) is 1.46. The molecule has 1 N–H and O–H groups in total. The third kappa shape index (κ3) is 4.32. The largest absolute Gasteiger partial charge is 0.497 e. The number of esters is 1. The predicted octanol–water partition coefficient (Wildman–Crippen LogP) is 1.40. The van der Waals surface area contributed by atoms with E-state index < -0.39 is 0 Å². The second-order valence-electron chi connectivity index (χ2n) is 6.84. The molecule has 3 amide bonds. The lowest BCUT2D eigenvalue weighted by atomic mass is 9.97. The monoisotopic (exact) mass is 375 g/mol. The molecule has 8 heteroatoms. The highest BCUT2D eigenvalue weighted by Gasteiger charge is 2.34. The number of carbonyl (C=O) groups excluding carboxylic acids is 3. The average molecular weight is 375 g/mol. The first-order chi connectivity index (χ1) is 13.0. The molecule has 2 saturated heterocycles. The van der Waals surface area contributed by atoms with Gasteiger partial charge < -0.3 is 24.6 Å². The molecule has 0 spiro atoms. The number of nitrogens with one attached hydrogen (secondary N) is 1. The van der Waals surface area contributed by atoms with Crippen molar-refractivity contribution in [1.82, 2.24) is 10.2 Å². The Kier molecular flexibility index (Phi) is 5.83. The maximum Gasteiger partial charge on any atom is 0.317 e. The second-order valence-corrected chi connectivity index (χ2v) is 6.84. The SMILES string of the molecule is COC(=O)C1CCN(C(=O)N[C@H]2CC(=O)N(c3ccc(OC)cc3)C2)CC1. The van der Waals surface area contributed by atoms with Gasteiger partial charge in [-0.25, -0.2) is 4.79 Å². The van der Waals surface area contributed by atoms with Crippen molar-refractivity contribution in [1.29, 1.82) is 0 Å². The van der Waals surface area contributed by atoms with E-state index in [1.807, 2.05) is 12.1 Å². The van der Waals surface area contributed by atoms with E-state index in [0.29, 0.717) is 32.5 Å². The molecular formula is C19H25N3O5. The molecule has 0 unspecified atom stereocenters. The fraction of sp³-hybridized carbons (Fsp3) is 0.526. The molecule has 8 nitrogen and oxygen atoms in total. The van der Waals surface area contributed by atoms with Crippen molar-refractivity contribution in [3.8, 4) is 5.75 Å². The highest BCUT2D eigenvalue weighted by atomic mass is 16.5. The van der Waals surface area contributed by atoms with Crippen LogP contribution in [-0.2, 0) is 14.3 Å². The molecule has 0 radical (unpaired) electrons. The zero-order chi connectivity index (χ0) is 19.4. The minimum Gasteiger partial charge on any atom is -0.497 e. The van der Waals surface area contributed by atoms with Gasteiger partial charge in [-0.2, -0.15) is 0 Å². The molecule has 0 bridgehead atoms. The number of ether oxygens (including phenoxy) is 2. The lowest BCUT2D eigenvalue weighted by Crippen LogP contribution is -2.49. The van der Waals surface area contributed by atoms with Crippen LogP contribution >= 0.6 is 0 Å². The van der Waals surface area contributed by atoms with Crippen molar-refractivity contribution in [2.75, 3.05) is 38.8 Å². The quantitative estimate of drug-likeness (QED) is 0.804. The standard InChI is InChI=1S/C19H25N3O5/c1-26-16-5-3-15(4-6-16)22-12-14(11-17(22)23)20-19(25)21-9-7-13(8-10-21)18(24)27-2/h3-6,13-14H,7-12H2,1-2H3,(H,20,25)/t14-/m0/s1. The first-order valence-corrected chi connectivity index (χ1v) is 9.09. The van der Waals surface area contributed by atoms with Crippen LogP contribution in [0.2, 0.25) is 0 Å². The van der Waals surface area contributed by atoms with Crippen molar-refractivity contribution in [3.05, 3.63) is 24.3 Å². The molecule has 0 aliphatic carbocycles. The van der Waals surface area contributed by atoms with Crippen LogP contribution in [0.1, 0.15) is 19.3 Å². The molecule has 2 heterocycles. The molecule has 146 valence electrons. The number of amides is 3. The van der Waals surface area contributed by atoms with Crippen LogP contribution in [0.15, 0.2) is 24.3 Å². The number of piperidine rings is 1. The Morgan fingerprint density at radius 3 is 2.37 bits per heavy atom. The van der Waals surface area contributed by atoms with E-state index in [1.54, 1.807) is 29.0 Å². The first kappa shape index (κ1) is 19.0. The summed E-state index contributed by atoms with van der Waals surface area (Å²) in [7, 11) is 2.97. The summed E-state index contributed by atoms with van der Waals surface area (Å²) in [6, 6.07) is 6.86. The van der Waals surface area contributed by atoms with Crippen molar-refractivity contribution in [2.45, 2.75) is 25.3 Å². The summed E-state index contributed by atoms with van der Waals surface area (Å²) >= 11 is 0. The Bertz CT molecular complexity index is 698. The fourth-order valence-corrected chi connectivity index (χ4v) is 3.57. The van der Waals surface area contributed by atoms with E-state index in [0.717, 1.165) is 11.4 Å². The second kappa shape index (κ2) is 8.28. The first-order valence-electron chi connectivity index (χ1n) is 9.09. The van der Waals surface area contributed by atoms with E-state index in [2.05, 4.69) is 5.32 Å². The minimum atomic E-state index is -0.231. The van der Waals surface area contributed by atoms with Crippen molar-refractivity contribution in [2.24, 2.45) is 5.92 Å². The van der Waals surface area contributed by atoms with Crippen LogP contribution < -0.4 is 15.0 Å². The van der Waals surface area contributed by atoms with Crippen LogP contribution in [0, 0.1) is 5.92 Å². The number of nitrogens with zero attached hydrogens (tertiary/aromatic N) is 2. The van der Waals surface area contributed by atoms with Crippen molar-refractivity contribution < 1.29 is 23.9 Å². The lowest BCUT2D eigenvalue weighted by Gasteiger charge is -2.31. The Hall–Kier alpha value is -2.77. The topological polar surface area (TPSA) is 88.2 Å². The third-order valence-corrected chi connectivity index (χ3v) is 5.15. The van der Waals surface area contributed by atoms with E-state index in [1.165, 1.54) is 7.11 Å². The maximum absolute atomic E-state index is 12.5. The molecule has 0 aromatic heterocycles. The Balaban J connectivity index is 1.52. The van der Waals surface area contributed by atoms with E-state index in [4.69, 9.17) is 9.47 Å². The fourth-order valence-electron chi connectivity index (χ4n) is 3.57. The number of anilines is 1. The normalized spacial score (nSPS) is 20.5. The maximum atomic E-state index is 12.5. The summed E-state index contributed by atoms with van der Waals surface area (Å²) in [5.74, 6) is 0.352. The number of rotatable bonds is 4. The number of hydrogen-bond acceptors (Lipinski definition) is 5. The lowest BCUT2D eigenvalue weighted by molar-refractivity contribution is -0.146. The van der Waals surface area contributed by atoms with Crippen LogP contribution in [0.5, 0.6) is 5.75 Å². The molecule has 27 heavy (non-hydrogen) atoms. The zero-order valence-corrected chi connectivity index (χ0v) is 15.6. The summed E-state index contributed by atoms with van der Waals surface area (Å²) in [5.41, 5.74) is 0.788. The van der Waals surface area contributed by atoms with Crippen LogP contribution in [0.25, 0.3) is 0 Å². The van der Waals surface area contributed by atoms with Crippen molar-refractivity contribution >= 4 is 23.6 Å². The smallest absolute Gasteiger partial charge is 0.317 e. The Labute approximate surface area is 158 Å². The number of methoxy groups -OCH3 is 2. The van der Waals surface area contributed by atoms with Gasteiger partial charge in [0.2, 0.25) is 5.91 Å². The van der Waals surface area contributed by atoms with Gasteiger partial charge in [-0.1, -0.05) is 0 Å². The van der Waals surface area contributed by atoms with Gasteiger partial charge in [0.25, 0.3) is 0 Å². The highest BCUT2D eigenvalue weighted by Crippen LogP contribution is 2.24. The Morgan fingerprint density at radius 1 is 1.11 bits per heavy atom. The average Bonchev–Trinajstić information content (AvgIpc) is 3.07. The van der Waals surface area contributed by atoms with Crippen LogP contribution in [0.4, 0.5) is 10.5 Å². The van der Waals surface area contributed by atoms with Gasteiger partial charge in [0, 0.05) is 31.7 Å². The molecule has 2 aliphatic rings. The van der Waals surface area contributed by atoms with Gasteiger partial charge in [0.05, 0.1) is 26.2 Å². The number of urea groups is 1. The number of benzene rings is 1. The summed E-state index contributed by atoms with van der Waals surface area (Å²) in [6.07, 6.45) is 1.47. The highest BCUT2D eigenvalue weighted by molar-refractivity contribution is 5.96. The van der Waals surface area contributed by atoms with Crippen LogP contribution in [0.3, 0.4) is 0 Å². The third-order valence-electron chi connectivity index (χ3n) is 5.15. The molecule has 0 saturated carbocycles. The predicted molar refractivity (Wildman–Crippen MR) is 98.6 cm³/mol. The summed E-state index contributed by atoms with van der Waals surface area (Å²) in [5, 5.41) is 2.94. The van der Waals surface area contributed by atoms with Gasteiger partial charge in [-0.15, -0.1) is 0 Å². The summed E-state index contributed by atoms with van der Waals surface area (Å²) in [4.78, 5) is 39.8. The van der Waals surface area contributed by atoms with E-state index >= 15 is 0 Å². The van der Waals surface area contributed by atoms with Crippen LogP contribution in [-0.4, -0.2) is 62.7 Å². The molecule has 1 aromatic rings. The molecular weight excluding hydrogens is 350 g/mol. The zero-order valence-electron chi connectivity index (χ0n) is 15.6. The minimum absolute atomic E-state index is 0.0186. The molecule has 2 fully saturated rings. The van der Waals surface area contributed by atoms with Gasteiger partial charge in [-0.3, -0.25) is 9.59 Å². The van der Waals surface area contributed by atoms with Gasteiger partial charge in [0.15, 0.2) is 0 Å². The molecule has 3 rings (SSSR count). The molecule has 2 aliphatic heterocycles. The number of carbonyl (C=O) groups is 3. The van der Waals surface area contributed by atoms with E-state index in [-0.39, 0.29) is 36.3 Å². The molecule has 1 atom stereocenters. The summed E-state index contributed by atoms with van der Waals surface area (Å²) < 4.78 is 9.90. The van der Waals surface area contributed by atoms with Gasteiger partial charge in [-0.05, 0) is 37.1 Å². The van der Waals surface area contributed by atoms with E-state index in [9.17, 15) is 14.4 Å². The van der Waals surface area contributed by atoms with Gasteiger partial charge in [0.1, 0.15) is 5.75 Å². The number of likely N-dealkylation sites (tertiary alicyclic amines) is 1. The molecule has 1 aromatic carbocycles. The number of hydrogen-bond donors (Lipinski definition) is 1. The van der Waals surface area contributed by atoms with Gasteiger partial charge >= 0.3 is 12.0 Å².